The Kier molecular flexibility index (Phi) is 5.90. The molecule has 7 rings (SSSR count). The van der Waals surface area contributed by atoms with Crippen LogP contribution in [-0.2, 0) is 16.7 Å². The first kappa shape index (κ1) is 24.3. The molecule has 5 heterocycles. The molecule has 0 unspecified atom stereocenters. The largest absolute Gasteiger partial charge is 0.454 e. The molecule has 4 aromatic rings. The van der Waals surface area contributed by atoms with Gasteiger partial charge < -0.3 is 29.1 Å². The van der Waals surface area contributed by atoms with E-state index in [1.807, 2.05) is 12.1 Å². The second-order valence-electron chi connectivity index (χ2n) is 10.9. The zero-order valence-corrected chi connectivity index (χ0v) is 22.5. The summed E-state index contributed by atoms with van der Waals surface area (Å²) in [5.74, 6) is 1.65. The summed E-state index contributed by atoms with van der Waals surface area (Å²) in [7, 11) is 0. The molecule has 2 N–H and O–H groups in total. The fourth-order valence-corrected chi connectivity index (χ4v) is 6.74. The maximum atomic E-state index is 13.6. The lowest BCUT2D eigenvalue weighted by atomic mass is 9.72. The van der Waals surface area contributed by atoms with E-state index in [1.54, 1.807) is 0 Å². The van der Waals surface area contributed by atoms with E-state index in [0.717, 1.165) is 66.7 Å². The van der Waals surface area contributed by atoms with Gasteiger partial charge in [0.15, 0.2) is 11.5 Å². The molecule has 39 heavy (non-hydrogen) atoms. The molecule has 0 aliphatic carbocycles. The third-order valence-corrected chi connectivity index (χ3v) is 8.62. The van der Waals surface area contributed by atoms with Crippen LogP contribution in [0.4, 0.5) is 0 Å². The van der Waals surface area contributed by atoms with Crippen LogP contribution in [-0.4, -0.2) is 66.5 Å². The lowest BCUT2D eigenvalue weighted by Crippen LogP contribution is -2.46. The van der Waals surface area contributed by atoms with E-state index in [2.05, 4.69) is 76.2 Å². The highest BCUT2D eigenvalue weighted by Gasteiger charge is 2.47. The molecule has 8 heteroatoms. The quantitative estimate of drug-likeness (QED) is 0.395. The van der Waals surface area contributed by atoms with E-state index < -0.39 is 5.54 Å². The van der Waals surface area contributed by atoms with Crippen molar-refractivity contribution in [1.29, 1.82) is 0 Å². The smallest absolute Gasteiger partial charge is 0.253 e. The first-order chi connectivity index (χ1) is 19.1. The molecule has 1 saturated heterocycles. The normalized spacial score (nSPS) is 20.3. The highest BCUT2D eigenvalue weighted by Crippen LogP contribution is 2.50. The summed E-state index contributed by atoms with van der Waals surface area (Å²) in [6.07, 6.45) is 2.77. The van der Waals surface area contributed by atoms with Gasteiger partial charge >= 0.3 is 0 Å². The molecular formula is C31H34N4O4. The Bertz CT molecular complexity index is 1550. The Hall–Kier alpha value is -3.75. The third-order valence-electron chi connectivity index (χ3n) is 8.62. The number of benzene rings is 2. The molecule has 0 bridgehead atoms. The lowest BCUT2D eigenvalue weighted by Gasteiger charge is -2.44. The molecule has 8 nitrogen and oxygen atoms in total. The van der Waals surface area contributed by atoms with Gasteiger partial charge in [-0.15, -0.1) is 0 Å². The van der Waals surface area contributed by atoms with Crippen LogP contribution in [0.2, 0.25) is 0 Å². The van der Waals surface area contributed by atoms with Crippen molar-refractivity contribution in [3.8, 4) is 11.5 Å². The van der Waals surface area contributed by atoms with Crippen LogP contribution in [0.1, 0.15) is 46.7 Å². The molecule has 202 valence electrons. The summed E-state index contributed by atoms with van der Waals surface area (Å²) in [4.78, 5) is 19.7. The number of nitrogens with zero attached hydrogens (tertiary/aromatic N) is 2. The van der Waals surface area contributed by atoms with Crippen molar-refractivity contribution in [1.82, 2.24) is 19.8 Å². The molecule has 2 aromatic carbocycles. The molecule has 2 aromatic heterocycles. The second kappa shape index (κ2) is 9.47. The summed E-state index contributed by atoms with van der Waals surface area (Å²) >= 11 is 0. The van der Waals surface area contributed by atoms with E-state index in [1.165, 1.54) is 16.6 Å². The number of hydrogen-bond donors (Lipinski definition) is 2. The number of nitrogens with one attached hydrogen (secondary N) is 2. The number of hydrogen-bond acceptors (Lipinski definition) is 5. The zero-order valence-electron chi connectivity index (χ0n) is 22.5. The minimum absolute atomic E-state index is 0.0244. The Morgan fingerprint density at radius 3 is 2.74 bits per heavy atom. The van der Waals surface area contributed by atoms with Crippen LogP contribution in [0.3, 0.4) is 0 Å². The molecule has 1 atom stereocenters. The number of H-pyrrole nitrogens is 1. The fourth-order valence-electron chi connectivity index (χ4n) is 6.74. The second-order valence-corrected chi connectivity index (χ2v) is 10.9. The zero-order chi connectivity index (χ0) is 26.6. The number of rotatable bonds is 6. The summed E-state index contributed by atoms with van der Waals surface area (Å²) in [6, 6.07) is 16.7. The first-order valence-electron chi connectivity index (χ1n) is 13.9. The number of ether oxygens (including phenoxy) is 3. The van der Waals surface area contributed by atoms with Gasteiger partial charge in [-0.3, -0.25) is 9.69 Å². The van der Waals surface area contributed by atoms with Gasteiger partial charge in [0.1, 0.15) is 5.54 Å². The van der Waals surface area contributed by atoms with Crippen molar-refractivity contribution in [3.05, 3.63) is 82.8 Å². The third kappa shape index (κ3) is 3.77. The standard InChI is InChI=1S/C31H34N4O4/c1-20(2)31(21-7-8-27-28(17-21)39-19-38-27)29-24(22-5-3-4-6-25(22)33-29)18-26-23(9-11-35(26)31)30(36)32-10-12-34-13-15-37-16-14-34/h3-9,11,17,20,33H,10,12-16,18-19H2,1-2H3,(H,32,36)/t31-/m1/s1. The van der Waals surface area contributed by atoms with Crippen molar-refractivity contribution in [2.45, 2.75) is 25.8 Å². The van der Waals surface area contributed by atoms with Crippen LogP contribution < -0.4 is 14.8 Å². The topological polar surface area (TPSA) is 80.8 Å². The van der Waals surface area contributed by atoms with Gasteiger partial charge in [-0.05, 0) is 41.3 Å². The molecule has 3 aliphatic rings. The van der Waals surface area contributed by atoms with E-state index >= 15 is 0 Å². The van der Waals surface area contributed by atoms with Crippen LogP contribution in [0.5, 0.6) is 11.5 Å². The average molecular weight is 527 g/mol. The highest BCUT2D eigenvalue weighted by molar-refractivity contribution is 5.96. The number of carbonyl (C=O) groups excluding carboxylic acids is 1. The Balaban J connectivity index is 1.33. The molecular weight excluding hydrogens is 492 g/mol. The van der Waals surface area contributed by atoms with E-state index in [4.69, 9.17) is 14.2 Å². The number of aromatic nitrogens is 2. The molecule has 0 saturated carbocycles. The Morgan fingerprint density at radius 2 is 1.90 bits per heavy atom. The van der Waals surface area contributed by atoms with Crippen LogP contribution in [0.15, 0.2) is 54.7 Å². The van der Waals surface area contributed by atoms with Crippen molar-refractivity contribution in [2.75, 3.05) is 46.2 Å². The molecule has 1 fully saturated rings. The van der Waals surface area contributed by atoms with Gasteiger partial charge in [0.25, 0.3) is 5.91 Å². The number of carbonyl (C=O) groups is 1. The van der Waals surface area contributed by atoms with Crippen LogP contribution >= 0.6 is 0 Å². The summed E-state index contributed by atoms with van der Waals surface area (Å²) in [6.45, 7) is 9.49. The van der Waals surface area contributed by atoms with Crippen LogP contribution in [0.25, 0.3) is 10.9 Å². The molecule has 0 radical (unpaired) electrons. The van der Waals surface area contributed by atoms with Crippen molar-refractivity contribution in [2.24, 2.45) is 5.92 Å². The summed E-state index contributed by atoms with van der Waals surface area (Å²) < 4.78 is 19.2. The minimum Gasteiger partial charge on any atom is -0.454 e. The van der Waals surface area contributed by atoms with Gasteiger partial charge in [-0.25, -0.2) is 0 Å². The van der Waals surface area contributed by atoms with Gasteiger partial charge in [-0.2, -0.15) is 0 Å². The Labute approximate surface area is 227 Å². The molecule has 3 aliphatic heterocycles. The van der Waals surface area contributed by atoms with Gasteiger partial charge in [0, 0.05) is 55.4 Å². The average Bonchev–Trinajstić information content (AvgIpc) is 3.69. The fraction of sp³-hybridized carbons (Fsp3) is 0.387. The van der Waals surface area contributed by atoms with E-state index in [-0.39, 0.29) is 18.6 Å². The monoisotopic (exact) mass is 526 g/mol. The predicted molar refractivity (Wildman–Crippen MR) is 149 cm³/mol. The number of morpholine rings is 1. The van der Waals surface area contributed by atoms with Gasteiger partial charge in [-0.1, -0.05) is 38.1 Å². The predicted octanol–water partition coefficient (Wildman–Crippen LogP) is 4.11. The van der Waals surface area contributed by atoms with Gasteiger partial charge in [0.2, 0.25) is 6.79 Å². The number of fused-ring (bicyclic) bond motifs is 5. The van der Waals surface area contributed by atoms with Crippen molar-refractivity contribution in [3.63, 3.8) is 0 Å². The number of para-hydroxylation sites is 1. The summed E-state index contributed by atoms with van der Waals surface area (Å²) in [5, 5.41) is 4.39. The highest BCUT2D eigenvalue weighted by atomic mass is 16.7. The maximum absolute atomic E-state index is 13.6. The number of aromatic amines is 1. The summed E-state index contributed by atoms with van der Waals surface area (Å²) in [5.41, 5.74) is 5.82. The Morgan fingerprint density at radius 1 is 1.08 bits per heavy atom. The van der Waals surface area contributed by atoms with Crippen LogP contribution in [0, 0.1) is 5.92 Å². The van der Waals surface area contributed by atoms with Crippen molar-refractivity contribution >= 4 is 16.8 Å². The molecule has 0 spiro atoms. The SMILES string of the molecule is CC(C)[C@@]1(c2ccc3c(c2)OCO3)c2[nH]c3ccccc3c2Cc2c(C(=O)NCCN3CCOCC3)ccn21. The number of amides is 1. The van der Waals surface area contributed by atoms with E-state index in [9.17, 15) is 4.79 Å². The van der Waals surface area contributed by atoms with Crippen molar-refractivity contribution < 1.29 is 19.0 Å². The lowest BCUT2D eigenvalue weighted by molar-refractivity contribution is 0.0383. The minimum atomic E-state index is -0.560. The first-order valence-corrected chi connectivity index (χ1v) is 13.9. The van der Waals surface area contributed by atoms with Gasteiger partial charge in [0.05, 0.1) is 24.5 Å². The maximum Gasteiger partial charge on any atom is 0.253 e. The molecule has 1 amide bonds. The van der Waals surface area contributed by atoms with E-state index in [0.29, 0.717) is 13.0 Å².